The molecule has 3 saturated heterocycles. The van der Waals surface area contributed by atoms with Gasteiger partial charge in [-0.25, -0.2) is 18.1 Å². The van der Waals surface area contributed by atoms with E-state index in [0.717, 1.165) is 74.6 Å². The predicted octanol–water partition coefficient (Wildman–Crippen LogP) is 8.59. The van der Waals surface area contributed by atoms with Gasteiger partial charge in [-0.1, -0.05) is 18.2 Å². The molecular formula is C47H55N7O8S. The summed E-state index contributed by atoms with van der Waals surface area (Å²) in [6.07, 6.45) is 11.8. The summed E-state index contributed by atoms with van der Waals surface area (Å²) >= 11 is 0. The zero-order valence-electron chi connectivity index (χ0n) is 35.8. The molecular weight excluding hydrogens is 823 g/mol. The number of fused-ring (bicyclic) bond motifs is 1. The molecule has 1 atom stereocenters. The monoisotopic (exact) mass is 877 g/mol. The number of rotatable bonds is 14. The molecule has 1 amide bonds. The van der Waals surface area contributed by atoms with Gasteiger partial charge in [-0.05, 0) is 126 Å². The second kappa shape index (κ2) is 17.8. The molecule has 2 aromatic heterocycles. The van der Waals surface area contributed by atoms with Gasteiger partial charge in [-0.3, -0.25) is 19.8 Å². The third kappa shape index (κ3) is 9.20. The summed E-state index contributed by atoms with van der Waals surface area (Å²) in [6, 6.07) is 21.8. The van der Waals surface area contributed by atoms with Gasteiger partial charge >= 0.3 is 0 Å². The Bertz CT molecular complexity index is 2580. The number of piperidine rings is 1. The Kier molecular flexibility index (Phi) is 12.0. The fourth-order valence-corrected chi connectivity index (χ4v) is 11.0. The van der Waals surface area contributed by atoms with Crippen LogP contribution in [0.1, 0.15) is 87.2 Å². The van der Waals surface area contributed by atoms with Gasteiger partial charge in [0.15, 0.2) is 0 Å². The predicted molar refractivity (Wildman–Crippen MR) is 240 cm³/mol. The average molecular weight is 878 g/mol. The summed E-state index contributed by atoms with van der Waals surface area (Å²) in [5.74, 6) is 0.856. The van der Waals surface area contributed by atoms with E-state index in [1.54, 1.807) is 30.6 Å². The Morgan fingerprint density at radius 1 is 1.00 bits per heavy atom. The lowest BCUT2D eigenvalue weighted by molar-refractivity contribution is -0.384. The highest BCUT2D eigenvalue weighted by molar-refractivity contribution is 7.90. The Labute approximate surface area is 367 Å². The molecule has 332 valence electrons. The third-order valence-corrected chi connectivity index (χ3v) is 14.7. The van der Waals surface area contributed by atoms with Crippen LogP contribution in [0.4, 0.5) is 17.1 Å². The maximum atomic E-state index is 13.9. The van der Waals surface area contributed by atoms with Crippen LogP contribution >= 0.6 is 0 Å². The van der Waals surface area contributed by atoms with Crippen molar-refractivity contribution in [3.05, 3.63) is 106 Å². The first kappa shape index (κ1) is 42.6. The first-order valence-electron chi connectivity index (χ1n) is 22.1. The van der Waals surface area contributed by atoms with Gasteiger partial charge in [0, 0.05) is 79.9 Å². The van der Waals surface area contributed by atoms with Crippen molar-refractivity contribution >= 4 is 44.0 Å². The quantitative estimate of drug-likeness (QED) is 0.0715. The molecule has 5 aromatic rings. The van der Waals surface area contributed by atoms with Crippen LogP contribution in [0, 0.1) is 21.4 Å². The number of hydrogen-bond donors (Lipinski definition) is 3. The average Bonchev–Trinajstić information content (AvgIpc) is 3.95. The molecule has 0 bridgehead atoms. The van der Waals surface area contributed by atoms with Crippen LogP contribution in [-0.2, 0) is 14.8 Å². The van der Waals surface area contributed by atoms with E-state index in [1.165, 1.54) is 37.0 Å². The molecule has 0 radical (unpaired) electrons. The molecule has 1 aliphatic carbocycles. The summed E-state index contributed by atoms with van der Waals surface area (Å²) in [7, 11) is -4.54. The number of sulfonamides is 1. The van der Waals surface area contributed by atoms with E-state index in [-0.39, 0.29) is 34.4 Å². The molecule has 16 heteroatoms. The number of nitrogens with zero attached hydrogens (tertiary/aromatic N) is 4. The Balaban J connectivity index is 0.898. The zero-order valence-corrected chi connectivity index (χ0v) is 36.6. The van der Waals surface area contributed by atoms with Gasteiger partial charge < -0.3 is 29.4 Å². The van der Waals surface area contributed by atoms with Gasteiger partial charge in [-0.15, -0.1) is 0 Å². The molecule has 1 spiro atoms. The molecule has 9 rings (SSSR count). The molecule has 4 aliphatic rings. The van der Waals surface area contributed by atoms with E-state index in [4.69, 9.17) is 14.2 Å². The van der Waals surface area contributed by atoms with Crippen molar-refractivity contribution in [2.24, 2.45) is 11.3 Å². The van der Waals surface area contributed by atoms with Crippen LogP contribution in [-0.4, -0.2) is 85.7 Å². The summed E-state index contributed by atoms with van der Waals surface area (Å²) < 4.78 is 47.5. The minimum atomic E-state index is -4.54. The number of likely N-dealkylation sites (tertiary alicyclic amines) is 1. The maximum absolute atomic E-state index is 13.9. The van der Waals surface area contributed by atoms with Crippen LogP contribution in [0.15, 0.2) is 90.1 Å². The van der Waals surface area contributed by atoms with Crippen LogP contribution in [0.2, 0.25) is 0 Å². The van der Waals surface area contributed by atoms with Crippen molar-refractivity contribution in [1.29, 1.82) is 0 Å². The van der Waals surface area contributed by atoms with Crippen molar-refractivity contribution in [2.75, 3.05) is 49.6 Å². The number of nitro groups is 1. The van der Waals surface area contributed by atoms with Crippen LogP contribution in [0.25, 0.3) is 11.0 Å². The van der Waals surface area contributed by atoms with Crippen molar-refractivity contribution in [3.8, 4) is 17.2 Å². The smallest absolute Gasteiger partial charge is 0.293 e. The molecule has 3 aromatic carbocycles. The molecule has 3 aliphatic heterocycles. The normalized spacial score (nSPS) is 19.6. The van der Waals surface area contributed by atoms with Crippen LogP contribution in [0.3, 0.4) is 0 Å². The SMILES string of the molecule is CC(C)Oc1ccccc1[C@@H]1CCCN1C1CC2(CCN(c3ccc(C(=O)NS(=O)(=O)c4ccc(NCC5CCOCC5)c([N+](=O)[O-])c4)c(Oc4cnc5[nH]ccc5c4)c3)CC2)C1. The van der Waals surface area contributed by atoms with E-state index < -0.39 is 31.4 Å². The first-order valence-corrected chi connectivity index (χ1v) is 23.6. The minimum Gasteiger partial charge on any atom is -0.491 e. The summed E-state index contributed by atoms with van der Waals surface area (Å²) in [5.41, 5.74) is 2.88. The van der Waals surface area contributed by atoms with E-state index in [9.17, 15) is 23.3 Å². The van der Waals surface area contributed by atoms with Crippen LogP contribution < -0.4 is 24.4 Å². The lowest BCUT2D eigenvalue weighted by atomic mass is 9.60. The summed E-state index contributed by atoms with van der Waals surface area (Å²) in [5, 5.41) is 16.0. The number of carbonyl (C=O) groups is 1. The second-order valence-corrected chi connectivity index (χ2v) is 19.5. The molecule has 5 heterocycles. The fourth-order valence-electron chi connectivity index (χ4n) is 10.0. The number of pyridine rings is 1. The highest BCUT2D eigenvalue weighted by Gasteiger charge is 2.50. The van der Waals surface area contributed by atoms with E-state index in [1.807, 2.05) is 12.1 Å². The van der Waals surface area contributed by atoms with Gasteiger partial charge in [0.25, 0.3) is 21.6 Å². The van der Waals surface area contributed by atoms with Crippen molar-refractivity contribution < 1.29 is 32.3 Å². The maximum Gasteiger partial charge on any atom is 0.293 e. The Morgan fingerprint density at radius 2 is 1.79 bits per heavy atom. The van der Waals surface area contributed by atoms with Gasteiger partial charge in [0.1, 0.15) is 28.6 Å². The number of carbonyl (C=O) groups excluding carboxylic acids is 1. The third-order valence-electron chi connectivity index (χ3n) is 13.4. The topological polar surface area (TPSA) is 181 Å². The number of amides is 1. The summed E-state index contributed by atoms with van der Waals surface area (Å²) in [6.45, 7) is 8.66. The number of para-hydroxylation sites is 1. The van der Waals surface area contributed by atoms with Crippen molar-refractivity contribution in [1.82, 2.24) is 19.6 Å². The van der Waals surface area contributed by atoms with Crippen molar-refractivity contribution in [3.63, 3.8) is 0 Å². The molecule has 15 nitrogen and oxygen atoms in total. The van der Waals surface area contributed by atoms with Gasteiger partial charge in [0.2, 0.25) is 0 Å². The summed E-state index contributed by atoms with van der Waals surface area (Å²) in [4.78, 5) is 37.5. The number of ether oxygens (including phenoxy) is 3. The highest BCUT2D eigenvalue weighted by atomic mass is 32.2. The second-order valence-electron chi connectivity index (χ2n) is 17.8. The molecule has 63 heavy (non-hydrogen) atoms. The fraction of sp³-hybridized carbons (Fsp3) is 0.447. The Hall–Kier alpha value is -5.71. The molecule has 3 N–H and O–H groups in total. The van der Waals surface area contributed by atoms with Gasteiger partial charge in [0.05, 0.1) is 27.7 Å². The minimum absolute atomic E-state index is 0.0170. The first-order chi connectivity index (χ1) is 30.4. The van der Waals surface area contributed by atoms with Crippen LogP contribution in [0.5, 0.6) is 17.2 Å². The van der Waals surface area contributed by atoms with Gasteiger partial charge in [-0.2, -0.15) is 0 Å². The van der Waals surface area contributed by atoms with E-state index in [2.05, 4.69) is 67.9 Å². The molecule has 1 saturated carbocycles. The van der Waals surface area contributed by atoms with Crippen molar-refractivity contribution in [2.45, 2.75) is 88.3 Å². The van der Waals surface area contributed by atoms with E-state index in [0.29, 0.717) is 43.2 Å². The Morgan fingerprint density at radius 3 is 2.57 bits per heavy atom. The largest absolute Gasteiger partial charge is 0.491 e. The number of anilines is 2. The number of nitro benzene ring substituents is 1. The number of nitrogens with one attached hydrogen (secondary N) is 3. The number of aromatic nitrogens is 2. The standard InChI is InChI=1S/C47H55N7O8S/c1-31(2)61-43-8-4-3-6-38(43)41-7-5-19-53(41)35-27-47(28-35)16-20-52(21-17-47)34-9-11-39(44(25-34)62-36-24-33-13-18-48-45(33)50-30-36)46(55)51-63(58,59)37-10-12-40(42(26-37)54(56)57)49-29-32-14-22-60-23-15-32/h3-4,6,8-13,18,24-26,30-32,35,41,49H,5,7,14-17,19-23,27-29H2,1-2H3,(H,48,50)(H,51,55)/t41-/m0/s1. The lowest BCUT2D eigenvalue weighted by Crippen LogP contribution is -2.54. The van der Waals surface area contributed by atoms with E-state index >= 15 is 0 Å². The highest BCUT2D eigenvalue weighted by Crippen LogP contribution is 2.54. The lowest BCUT2D eigenvalue weighted by Gasteiger charge is -2.56. The molecule has 0 unspecified atom stereocenters. The number of hydrogen-bond acceptors (Lipinski definition) is 12. The number of aromatic amines is 1. The zero-order chi connectivity index (χ0) is 43.7. The molecule has 4 fully saturated rings. The number of H-pyrrole nitrogens is 1. The number of benzene rings is 3.